The van der Waals surface area contributed by atoms with Gasteiger partial charge in [0.15, 0.2) is 0 Å². The summed E-state index contributed by atoms with van der Waals surface area (Å²) < 4.78 is 33.9. The van der Waals surface area contributed by atoms with E-state index in [1.807, 2.05) is 0 Å². The second kappa shape index (κ2) is 8.20. The first-order chi connectivity index (χ1) is 9.51. The van der Waals surface area contributed by atoms with Crippen LogP contribution >= 0.6 is 0 Å². The van der Waals surface area contributed by atoms with Gasteiger partial charge in [0.05, 0.1) is 32.0 Å². The molecule has 0 spiro atoms. The van der Waals surface area contributed by atoms with E-state index in [9.17, 15) is 18.4 Å². The number of carbonyl (C=O) groups excluding carboxylic acids is 2. The lowest BCUT2D eigenvalue weighted by atomic mass is 10.4. The van der Waals surface area contributed by atoms with Crippen molar-refractivity contribution >= 4 is 17.6 Å². The number of aromatic nitrogens is 2. The molecule has 1 aromatic rings. The molecule has 0 saturated heterocycles. The number of halogens is 2. The average Bonchev–Trinajstić information content (AvgIpc) is 2.81. The van der Waals surface area contributed by atoms with Gasteiger partial charge in [-0.2, -0.15) is 5.10 Å². The Morgan fingerprint density at radius 1 is 1.50 bits per heavy atom. The Morgan fingerprint density at radius 2 is 2.25 bits per heavy atom. The largest absolute Gasteiger partial charge is 0.468 e. The minimum atomic E-state index is -2.55. The van der Waals surface area contributed by atoms with E-state index in [-0.39, 0.29) is 19.6 Å². The number of anilines is 1. The van der Waals surface area contributed by atoms with E-state index in [1.165, 1.54) is 24.2 Å². The normalized spacial score (nSPS) is 10.6. The van der Waals surface area contributed by atoms with E-state index in [0.29, 0.717) is 5.69 Å². The minimum absolute atomic E-state index is 0.0467. The first kappa shape index (κ1) is 16.0. The Morgan fingerprint density at radius 3 is 2.90 bits per heavy atom. The van der Waals surface area contributed by atoms with Gasteiger partial charge in [0.25, 0.3) is 6.43 Å². The van der Waals surface area contributed by atoms with Crippen LogP contribution in [0.1, 0.15) is 6.42 Å². The summed E-state index contributed by atoms with van der Waals surface area (Å²) in [6, 6.07) is 0. The molecule has 9 heteroatoms. The molecule has 0 unspecified atom stereocenters. The van der Waals surface area contributed by atoms with Gasteiger partial charge >= 0.3 is 5.97 Å². The third-order valence-corrected chi connectivity index (χ3v) is 2.15. The van der Waals surface area contributed by atoms with Gasteiger partial charge in [-0.25, -0.2) is 8.78 Å². The van der Waals surface area contributed by atoms with Crippen LogP contribution in [0.4, 0.5) is 14.5 Å². The molecule has 0 aliphatic heterocycles. The Labute approximate surface area is 113 Å². The maximum atomic E-state index is 11.8. The highest BCUT2D eigenvalue weighted by atomic mass is 19.3. The molecule has 1 heterocycles. The lowest BCUT2D eigenvalue weighted by molar-refractivity contribution is -0.141. The van der Waals surface area contributed by atoms with Gasteiger partial charge in [0.1, 0.15) is 13.2 Å². The van der Waals surface area contributed by atoms with Crippen LogP contribution in [0.25, 0.3) is 0 Å². The molecule has 20 heavy (non-hydrogen) atoms. The number of esters is 1. The lowest BCUT2D eigenvalue weighted by Gasteiger charge is -2.04. The second-order valence-electron chi connectivity index (χ2n) is 3.77. The zero-order valence-electron chi connectivity index (χ0n) is 10.8. The number of amides is 1. The van der Waals surface area contributed by atoms with Crippen LogP contribution in [0.2, 0.25) is 0 Å². The minimum Gasteiger partial charge on any atom is -0.468 e. The SMILES string of the molecule is COC(=O)Cn1cc(NC(=O)CCOCC(F)F)cn1. The van der Waals surface area contributed by atoms with Crippen LogP contribution < -0.4 is 5.32 Å². The molecule has 0 atom stereocenters. The van der Waals surface area contributed by atoms with Crippen LogP contribution in [0.15, 0.2) is 12.4 Å². The summed E-state index contributed by atoms with van der Waals surface area (Å²) >= 11 is 0. The van der Waals surface area contributed by atoms with Gasteiger partial charge in [-0.05, 0) is 0 Å². The van der Waals surface area contributed by atoms with Crippen molar-refractivity contribution in [1.82, 2.24) is 9.78 Å². The van der Waals surface area contributed by atoms with Crippen LogP contribution in [0.3, 0.4) is 0 Å². The Hall–Kier alpha value is -2.03. The number of alkyl halides is 2. The monoisotopic (exact) mass is 291 g/mol. The summed E-state index contributed by atoms with van der Waals surface area (Å²) in [5.74, 6) is -0.858. The van der Waals surface area contributed by atoms with Gasteiger partial charge in [0.2, 0.25) is 5.91 Å². The second-order valence-corrected chi connectivity index (χ2v) is 3.77. The molecule has 0 saturated carbocycles. The van der Waals surface area contributed by atoms with E-state index in [0.717, 1.165) is 0 Å². The fraction of sp³-hybridized carbons (Fsp3) is 0.545. The predicted octanol–water partition coefficient (Wildman–Crippen LogP) is 0.666. The quantitative estimate of drug-likeness (QED) is 0.562. The standard InChI is InChI=1S/C11H15F2N3O4/c1-19-11(18)6-16-5-8(4-14-16)15-10(17)2-3-20-7-9(12)13/h4-5,9H,2-3,6-7H2,1H3,(H,15,17). The molecule has 1 rings (SSSR count). The van der Waals surface area contributed by atoms with Crippen LogP contribution in [0.5, 0.6) is 0 Å². The maximum absolute atomic E-state index is 11.8. The molecule has 1 amide bonds. The van der Waals surface area contributed by atoms with Crippen LogP contribution in [0, 0.1) is 0 Å². The number of hydrogen-bond donors (Lipinski definition) is 1. The fourth-order valence-corrected chi connectivity index (χ4v) is 1.27. The lowest BCUT2D eigenvalue weighted by Crippen LogP contribution is -2.15. The molecule has 1 N–H and O–H groups in total. The fourth-order valence-electron chi connectivity index (χ4n) is 1.27. The van der Waals surface area contributed by atoms with Crippen molar-refractivity contribution in [1.29, 1.82) is 0 Å². The molecule has 0 aromatic carbocycles. The topological polar surface area (TPSA) is 82.5 Å². The first-order valence-electron chi connectivity index (χ1n) is 5.76. The number of hydrogen-bond acceptors (Lipinski definition) is 5. The molecule has 0 bridgehead atoms. The predicted molar refractivity (Wildman–Crippen MR) is 64.3 cm³/mol. The van der Waals surface area contributed by atoms with Crippen molar-refractivity contribution in [2.75, 3.05) is 25.6 Å². The van der Waals surface area contributed by atoms with Crippen molar-refractivity contribution < 1.29 is 27.8 Å². The molecule has 112 valence electrons. The number of rotatable bonds is 8. The highest BCUT2D eigenvalue weighted by Gasteiger charge is 2.08. The third-order valence-electron chi connectivity index (χ3n) is 2.15. The van der Waals surface area contributed by atoms with E-state index in [4.69, 9.17) is 0 Å². The van der Waals surface area contributed by atoms with Gasteiger partial charge in [-0.15, -0.1) is 0 Å². The zero-order chi connectivity index (χ0) is 15.0. The van der Waals surface area contributed by atoms with E-state index in [1.54, 1.807) is 0 Å². The summed E-state index contributed by atoms with van der Waals surface area (Å²) in [5, 5.41) is 6.35. The third kappa shape index (κ3) is 6.23. The molecular weight excluding hydrogens is 276 g/mol. The number of carbonyl (C=O) groups is 2. The average molecular weight is 291 g/mol. The molecule has 0 aliphatic rings. The highest BCUT2D eigenvalue weighted by Crippen LogP contribution is 2.05. The van der Waals surface area contributed by atoms with Crippen molar-refractivity contribution in [3.05, 3.63) is 12.4 Å². The Bertz CT molecular complexity index is 451. The Kier molecular flexibility index (Phi) is 6.57. The van der Waals surface area contributed by atoms with Crippen LogP contribution in [-0.4, -0.2) is 48.4 Å². The van der Waals surface area contributed by atoms with Gasteiger partial charge in [-0.1, -0.05) is 0 Å². The summed E-state index contributed by atoms with van der Waals surface area (Å²) in [6.45, 7) is -0.847. The van der Waals surface area contributed by atoms with Crippen molar-refractivity contribution in [2.24, 2.45) is 0 Å². The van der Waals surface area contributed by atoms with E-state index < -0.39 is 24.9 Å². The van der Waals surface area contributed by atoms with Gasteiger partial charge in [-0.3, -0.25) is 14.3 Å². The Balaban J connectivity index is 2.30. The van der Waals surface area contributed by atoms with Gasteiger partial charge in [0, 0.05) is 6.20 Å². The zero-order valence-corrected chi connectivity index (χ0v) is 10.8. The van der Waals surface area contributed by atoms with Gasteiger partial charge < -0.3 is 14.8 Å². The molecule has 0 radical (unpaired) electrons. The molecule has 0 aliphatic carbocycles. The number of ether oxygens (including phenoxy) is 2. The van der Waals surface area contributed by atoms with Crippen molar-refractivity contribution in [3.8, 4) is 0 Å². The summed E-state index contributed by atoms with van der Waals surface area (Å²) in [6.07, 6.45) is 0.222. The molecular formula is C11H15F2N3O4. The molecule has 0 fully saturated rings. The number of methoxy groups -OCH3 is 1. The molecule has 1 aromatic heterocycles. The maximum Gasteiger partial charge on any atom is 0.327 e. The van der Waals surface area contributed by atoms with E-state index in [2.05, 4.69) is 19.9 Å². The van der Waals surface area contributed by atoms with Crippen molar-refractivity contribution in [3.63, 3.8) is 0 Å². The molecule has 7 nitrogen and oxygen atoms in total. The van der Waals surface area contributed by atoms with Crippen LogP contribution in [-0.2, 0) is 25.6 Å². The van der Waals surface area contributed by atoms with Crippen molar-refractivity contribution in [2.45, 2.75) is 19.4 Å². The van der Waals surface area contributed by atoms with E-state index >= 15 is 0 Å². The number of nitrogens with zero attached hydrogens (tertiary/aromatic N) is 2. The smallest absolute Gasteiger partial charge is 0.327 e. The summed E-state index contributed by atoms with van der Waals surface area (Å²) in [5.41, 5.74) is 0.396. The first-order valence-corrected chi connectivity index (χ1v) is 5.76. The number of nitrogens with one attached hydrogen (secondary N) is 1. The highest BCUT2D eigenvalue weighted by molar-refractivity contribution is 5.90. The summed E-state index contributed by atoms with van der Waals surface area (Å²) in [7, 11) is 1.26. The summed E-state index contributed by atoms with van der Waals surface area (Å²) in [4.78, 5) is 22.4.